The van der Waals surface area contributed by atoms with Gasteiger partial charge in [0.2, 0.25) is 0 Å². The van der Waals surface area contributed by atoms with Crippen molar-refractivity contribution in [2.24, 2.45) is 0 Å². The fourth-order valence-corrected chi connectivity index (χ4v) is 3.08. The van der Waals surface area contributed by atoms with Crippen molar-refractivity contribution in [3.8, 4) is 0 Å². The number of halogens is 4. The van der Waals surface area contributed by atoms with Gasteiger partial charge in [0.25, 0.3) is 0 Å². The third kappa shape index (κ3) is 4.66. The van der Waals surface area contributed by atoms with Gasteiger partial charge in [0.1, 0.15) is 0 Å². The summed E-state index contributed by atoms with van der Waals surface area (Å²) in [6.07, 6.45) is -4.34. The Balaban J connectivity index is 1.56. The molecule has 3 rings (SSSR count). The van der Waals surface area contributed by atoms with Crippen LogP contribution in [0, 0.1) is 6.92 Å². The summed E-state index contributed by atoms with van der Waals surface area (Å²) in [5.74, 6) is 0. The third-order valence-corrected chi connectivity index (χ3v) is 4.96. The van der Waals surface area contributed by atoms with E-state index in [1.165, 1.54) is 12.1 Å². The number of carbonyl (C=O) groups excluding carboxylic acids is 1. The first kappa shape index (κ1) is 19.4. The van der Waals surface area contributed by atoms with Crippen LogP contribution >= 0.6 is 11.6 Å². The van der Waals surface area contributed by atoms with Gasteiger partial charge in [0.15, 0.2) is 0 Å². The molecule has 0 unspecified atom stereocenters. The zero-order valence-corrected chi connectivity index (χ0v) is 15.4. The summed E-state index contributed by atoms with van der Waals surface area (Å²) in [5.41, 5.74) is 1.61. The number of piperazine rings is 1. The molecule has 1 aliphatic heterocycles. The molecule has 2 amide bonds. The van der Waals surface area contributed by atoms with Crippen molar-refractivity contribution in [2.75, 3.05) is 36.4 Å². The summed E-state index contributed by atoms with van der Waals surface area (Å²) in [6.45, 7) is 3.94. The van der Waals surface area contributed by atoms with Crippen LogP contribution in [-0.4, -0.2) is 37.1 Å². The molecule has 4 nitrogen and oxygen atoms in total. The van der Waals surface area contributed by atoms with Crippen LogP contribution in [0.15, 0.2) is 42.5 Å². The van der Waals surface area contributed by atoms with Crippen LogP contribution in [0.2, 0.25) is 5.02 Å². The number of hydrogen-bond acceptors (Lipinski definition) is 2. The molecular weight excluding hydrogens is 379 g/mol. The lowest BCUT2D eigenvalue weighted by molar-refractivity contribution is -0.137. The van der Waals surface area contributed by atoms with E-state index in [1.807, 2.05) is 17.9 Å². The number of nitrogens with one attached hydrogen (secondary N) is 1. The van der Waals surface area contributed by atoms with Gasteiger partial charge in [0.05, 0.1) is 5.56 Å². The van der Waals surface area contributed by atoms with Gasteiger partial charge in [0, 0.05) is 42.6 Å². The zero-order chi connectivity index (χ0) is 19.6. The summed E-state index contributed by atoms with van der Waals surface area (Å²) in [7, 11) is 0. The Morgan fingerprint density at radius 3 is 2.22 bits per heavy atom. The van der Waals surface area contributed by atoms with E-state index in [0.717, 1.165) is 17.7 Å². The molecule has 144 valence electrons. The molecule has 8 heteroatoms. The van der Waals surface area contributed by atoms with Crippen molar-refractivity contribution in [3.05, 3.63) is 58.6 Å². The molecule has 0 radical (unpaired) electrons. The molecule has 1 heterocycles. The number of rotatable bonds is 2. The van der Waals surface area contributed by atoms with E-state index < -0.39 is 11.7 Å². The van der Waals surface area contributed by atoms with Crippen LogP contribution in [0.5, 0.6) is 0 Å². The number of benzene rings is 2. The van der Waals surface area contributed by atoms with E-state index in [4.69, 9.17) is 11.6 Å². The van der Waals surface area contributed by atoms with Crippen LogP contribution < -0.4 is 10.2 Å². The molecule has 0 aromatic heterocycles. The second kappa shape index (κ2) is 7.68. The number of carbonyl (C=O) groups is 1. The van der Waals surface area contributed by atoms with Gasteiger partial charge < -0.3 is 15.1 Å². The number of anilines is 2. The van der Waals surface area contributed by atoms with E-state index in [-0.39, 0.29) is 6.03 Å². The van der Waals surface area contributed by atoms with Gasteiger partial charge in [-0.2, -0.15) is 13.2 Å². The summed E-state index contributed by atoms with van der Waals surface area (Å²) in [5, 5.41) is 3.40. The first-order chi connectivity index (χ1) is 12.7. The smallest absolute Gasteiger partial charge is 0.368 e. The maximum atomic E-state index is 12.7. The highest BCUT2D eigenvalue weighted by Gasteiger charge is 2.30. The van der Waals surface area contributed by atoms with E-state index in [9.17, 15) is 18.0 Å². The van der Waals surface area contributed by atoms with Crippen LogP contribution in [0.3, 0.4) is 0 Å². The predicted molar refractivity (Wildman–Crippen MR) is 100 cm³/mol. The van der Waals surface area contributed by atoms with Crippen molar-refractivity contribution < 1.29 is 18.0 Å². The predicted octanol–water partition coefficient (Wildman–Crippen LogP) is 5.02. The third-order valence-electron chi connectivity index (χ3n) is 4.55. The standard InChI is InChI=1S/C19H19ClF3N3O/c1-13-2-5-15(12-17(13)20)24-18(27)26-10-8-25(9-11-26)16-6-3-14(4-7-16)19(21,22)23/h2-7,12H,8-11H2,1H3,(H,24,27). The lowest BCUT2D eigenvalue weighted by atomic mass is 10.1. The Morgan fingerprint density at radius 1 is 1.04 bits per heavy atom. The zero-order valence-electron chi connectivity index (χ0n) is 14.7. The van der Waals surface area contributed by atoms with Crippen molar-refractivity contribution in [1.82, 2.24) is 4.90 Å². The number of urea groups is 1. The average molecular weight is 398 g/mol. The highest BCUT2D eigenvalue weighted by Crippen LogP contribution is 2.30. The van der Waals surface area contributed by atoms with E-state index in [2.05, 4.69) is 5.32 Å². The maximum absolute atomic E-state index is 12.7. The Kier molecular flexibility index (Phi) is 5.51. The van der Waals surface area contributed by atoms with Crippen LogP contribution in [0.1, 0.15) is 11.1 Å². The maximum Gasteiger partial charge on any atom is 0.416 e. The number of alkyl halides is 3. The summed E-state index contributed by atoms with van der Waals surface area (Å²) >= 11 is 6.07. The fourth-order valence-electron chi connectivity index (χ4n) is 2.90. The normalized spacial score (nSPS) is 15.0. The molecule has 27 heavy (non-hydrogen) atoms. The molecule has 0 saturated carbocycles. The minimum absolute atomic E-state index is 0.220. The van der Waals surface area contributed by atoms with Crippen LogP contribution in [-0.2, 0) is 6.18 Å². The molecule has 1 N–H and O–H groups in total. The van der Waals surface area contributed by atoms with Gasteiger partial charge in [-0.05, 0) is 48.9 Å². The molecule has 2 aromatic carbocycles. The molecule has 0 spiro atoms. The lowest BCUT2D eigenvalue weighted by Gasteiger charge is -2.36. The van der Waals surface area contributed by atoms with Crippen LogP contribution in [0.4, 0.5) is 29.3 Å². The van der Waals surface area contributed by atoms with Gasteiger partial charge in [-0.1, -0.05) is 17.7 Å². The largest absolute Gasteiger partial charge is 0.416 e. The molecular formula is C19H19ClF3N3O. The van der Waals surface area contributed by atoms with Gasteiger partial charge >= 0.3 is 12.2 Å². The topological polar surface area (TPSA) is 35.6 Å². The fraction of sp³-hybridized carbons (Fsp3) is 0.316. The van der Waals surface area contributed by atoms with Crippen molar-refractivity contribution in [2.45, 2.75) is 13.1 Å². The molecule has 2 aromatic rings. The van der Waals surface area contributed by atoms with Crippen molar-refractivity contribution in [1.29, 1.82) is 0 Å². The number of hydrogen-bond donors (Lipinski definition) is 1. The van der Waals surface area contributed by atoms with E-state index in [1.54, 1.807) is 17.0 Å². The summed E-state index contributed by atoms with van der Waals surface area (Å²) in [4.78, 5) is 16.0. The number of amides is 2. The molecule has 0 atom stereocenters. The second-order valence-electron chi connectivity index (χ2n) is 6.41. The SMILES string of the molecule is Cc1ccc(NC(=O)N2CCN(c3ccc(C(F)(F)F)cc3)CC2)cc1Cl. The Labute approximate surface area is 160 Å². The van der Waals surface area contributed by atoms with Crippen molar-refractivity contribution in [3.63, 3.8) is 0 Å². The van der Waals surface area contributed by atoms with Gasteiger partial charge in [-0.15, -0.1) is 0 Å². The monoisotopic (exact) mass is 397 g/mol. The Bertz CT molecular complexity index is 816. The number of aryl methyl sites for hydroxylation is 1. The highest BCUT2D eigenvalue weighted by atomic mass is 35.5. The average Bonchev–Trinajstić information content (AvgIpc) is 2.64. The summed E-state index contributed by atoms with van der Waals surface area (Å²) < 4.78 is 38.0. The number of nitrogens with zero attached hydrogens (tertiary/aromatic N) is 2. The van der Waals surface area contributed by atoms with Gasteiger partial charge in [-0.25, -0.2) is 4.79 Å². The van der Waals surface area contributed by atoms with Gasteiger partial charge in [-0.3, -0.25) is 0 Å². The van der Waals surface area contributed by atoms with Crippen LogP contribution in [0.25, 0.3) is 0 Å². The first-order valence-electron chi connectivity index (χ1n) is 8.48. The molecule has 0 aliphatic carbocycles. The summed E-state index contributed by atoms with van der Waals surface area (Å²) in [6, 6.07) is 10.2. The minimum atomic E-state index is -4.34. The second-order valence-corrected chi connectivity index (χ2v) is 6.82. The quantitative estimate of drug-likeness (QED) is 0.772. The first-order valence-corrected chi connectivity index (χ1v) is 8.86. The highest BCUT2D eigenvalue weighted by molar-refractivity contribution is 6.31. The molecule has 1 aliphatic rings. The van der Waals surface area contributed by atoms with Crippen molar-refractivity contribution >= 4 is 29.0 Å². The molecule has 1 saturated heterocycles. The molecule has 1 fully saturated rings. The Hall–Kier alpha value is -2.41. The van der Waals surface area contributed by atoms with E-state index in [0.29, 0.717) is 42.6 Å². The Morgan fingerprint density at radius 2 is 1.67 bits per heavy atom. The van der Waals surface area contributed by atoms with E-state index >= 15 is 0 Å². The minimum Gasteiger partial charge on any atom is -0.368 e. The lowest BCUT2D eigenvalue weighted by Crippen LogP contribution is -2.50. The molecule has 0 bridgehead atoms.